The molecule has 11 nitrogen and oxygen atoms in total. The Morgan fingerprint density at radius 3 is 2.20 bits per heavy atom. The topological polar surface area (TPSA) is 125 Å². The summed E-state index contributed by atoms with van der Waals surface area (Å²) in [5.41, 5.74) is -1.65. The number of hydrogen-bond acceptors (Lipinski definition) is 11. The number of carbonyl (C=O) groups is 3. The minimum atomic E-state index is -1.53. The van der Waals surface area contributed by atoms with Crippen LogP contribution < -0.4 is 9.47 Å². The van der Waals surface area contributed by atoms with Gasteiger partial charge in [0, 0.05) is 49.8 Å². The molecule has 1 aromatic rings. The first-order valence-electron chi connectivity index (χ1n) is 14.0. The van der Waals surface area contributed by atoms with Gasteiger partial charge in [0.25, 0.3) is 5.97 Å². The summed E-state index contributed by atoms with van der Waals surface area (Å²) in [7, 11) is 3.00. The van der Waals surface area contributed by atoms with Crippen LogP contribution in [0.1, 0.15) is 81.4 Å². The van der Waals surface area contributed by atoms with E-state index in [9.17, 15) is 14.4 Å². The maximum atomic E-state index is 12.8. The molecule has 2 saturated heterocycles. The van der Waals surface area contributed by atoms with Gasteiger partial charge in [-0.25, -0.2) is 4.79 Å². The molecule has 0 N–H and O–H groups in total. The van der Waals surface area contributed by atoms with Crippen molar-refractivity contribution in [3.63, 3.8) is 0 Å². The third-order valence-corrected chi connectivity index (χ3v) is 10.3. The zero-order valence-electron chi connectivity index (χ0n) is 25.1. The number of cyclic esters (lactones) is 1. The molecular formula is C30H38O11. The minimum Gasteiger partial charge on any atom is -0.495 e. The van der Waals surface area contributed by atoms with Crippen LogP contribution in [0.2, 0.25) is 0 Å². The van der Waals surface area contributed by atoms with Gasteiger partial charge in [0.15, 0.2) is 0 Å². The summed E-state index contributed by atoms with van der Waals surface area (Å²) < 4.78 is 49.5. The molecule has 6 rings (SSSR count). The number of hydrogen-bond donors (Lipinski definition) is 0. The Labute approximate surface area is 239 Å². The zero-order chi connectivity index (χ0) is 29.9. The fraction of sp³-hybridized carbons (Fsp3) is 0.700. The predicted molar refractivity (Wildman–Crippen MR) is 140 cm³/mol. The molecule has 11 heteroatoms. The summed E-state index contributed by atoms with van der Waals surface area (Å²) >= 11 is 0. The normalized spacial score (nSPS) is 39.3. The average Bonchev–Trinajstić information content (AvgIpc) is 3.35. The number of methoxy groups -OCH3 is 2. The van der Waals surface area contributed by atoms with Gasteiger partial charge in [0.2, 0.25) is 0 Å². The molecule has 0 aromatic heterocycles. The van der Waals surface area contributed by atoms with Gasteiger partial charge >= 0.3 is 17.9 Å². The summed E-state index contributed by atoms with van der Waals surface area (Å²) in [6.45, 7) is 12.5. The van der Waals surface area contributed by atoms with Crippen molar-refractivity contribution in [3.8, 4) is 11.5 Å². The number of esters is 3. The minimum absolute atomic E-state index is 0.0870. The molecule has 1 saturated carbocycles. The highest BCUT2D eigenvalue weighted by Crippen LogP contribution is 2.72. The summed E-state index contributed by atoms with van der Waals surface area (Å²) in [5, 5.41) is 0. The van der Waals surface area contributed by atoms with Crippen molar-refractivity contribution in [1.82, 2.24) is 0 Å². The maximum Gasteiger partial charge on any atom is 0.342 e. The molecule has 5 aliphatic rings. The van der Waals surface area contributed by atoms with E-state index in [4.69, 9.17) is 37.9 Å². The Morgan fingerprint density at radius 2 is 1.59 bits per heavy atom. The van der Waals surface area contributed by atoms with E-state index in [-0.39, 0.29) is 25.4 Å². The Hall–Kier alpha value is -2.89. The van der Waals surface area contributed by atoms with Crippen LogP contribution in [0.25, 0.3) is 0 Å². The molecule has 41 heavy (non-hydrogen) atoms. The molecular weight excluding hydrogens is 536 g/mol. The van der Waals surface area contributed by atoms with Crippen LogP contribution in [0.4, 0.5) is 0 Å². The molecule has 0 radical (unpaired) electrons. The molecule has 4 aliphatic heterocycles. The number of rotatable bonds is 4. The molecule has 1 aromatic carbocycles. The van der Waals surface area contributed by atoms with E-state index in [1.165, 1.54) is 28.1 Å². The molecule has 7 unspecified atom stereocenters. The lowest BCUT2D eigenvalue weighted by Gasteiger charge is -2.67. The third kappa shape index (κ3) is 3.39. The van der Waals surface area contributed by atoms with Gasteiger partial charge in [-0.2, -0.15) is 0 Å². The Kier molecular flexibility index (Phi) is 5.91. The van der Waals surface area contributed by atoms with E-state index in [0.29, 0.717) is 23.5 Å². The molecule has 1 aliphatic carbocycles. The molecule has 3 fully saturated rings. The van der Waals surface area contributed by atoms with Gasteiger partial charge in [0.05, 0.1) is 13.5 Å². The quantitative estimate of drug-likeness (QED) is 0.387. The molecule has 7 atom stereocenters. The fourth-order valence-electron chi connectivity index (χ4n) is 8.88. The van der Waals surface area contributed by atoms with Crippen LogP contribution in [0.5, 0.6) is 11.5 Å². The van der Waals surface area contributed by atoms with Gasteiger partial charge in [-0.1, -0.05) is 6.92 Å². The summed E-state index contributed by atoms with van der Waals surface area (Å²) in [5.74, 6) is -2.27. The zero-order valence-corrected chi connectivity index (χ0v) is 25.1. The van der Waals surface area contributed by atoms with Gasteiger partial charge < -0.3 is 37.9 Å². The van der Waals surface area contributed by atoms with Crippen LogP contribution in [0, 0.1) is 18.3 Å². The molecule has 0 amide bonds. The first kappa shape index (κ1) is 28.2. The van der Waals surface area contributed by atoms with Gasteiger partial charge in [-0.3, -0.25) is 9.59 Å². The van der Waals surface area contributed by atoms with Gasteiger partial charge in [0.1, 0.15) is 52.7 Å². The largest absolute Gasteiger partial charge is 0.495 e. The molecule has 1 spiro atoms. The van der Waals surface area contributed by atoms with Crippen molar-refractivity contribution in [2.45, 2.75) is 109 Å². The van der Waals surface area contributed by atoms with Gasteiger partial charge in [-0.05, 0) is 39.7 Å². The van der Waals surface area contributed by atoms with E-state index in [0.717, 1.165) is 16.7 Å². The monoisotopic (exact) mass is 574 g/mol. The van der Waals surface area contributed by atoms with Crippen molar-refractivity contribution < 1.29 is 52.3 Å². The van der Waals surface area contributed by atoms with Crippen LogP contribution in [0.3, 0.4) is 0 Å². The second kappa shape index (κ2) is 8.58. The van der Waals surface area contributed by atoms with Crippen molar-refractivity contribution in [2.75, 3.05) is 14.2 Å². The lowest BCUT2D eigenvalue weighted by Crippen LogP contribution is -2.80. The Bertz CT molecular complexity index is 1370. The first-order valence-corrected chi connectivity index (χ1v) is 14.0. The second-order valence-corrected chi connectivity index (χ2v) is 12.8. The van der Waals surface area contributed by atoms with E-state index < -0.39 is 58.3 Å². The second-order valence-electron chi connectivity index (χ2n) is 12.8. The Balaban J connectivity index is 1.63. The lowest BCUT2D eigenvalue weighted by molar-refractivity contribution is -0.410. The highest BCUT2D eigenvalue weighted by Gasteiger charge is 2.85. The first-order chi connectivity index (χ1) is 19.1. The smallest absolute Gasteiger partial charge is 0.342 e. The van der Waals surface area contributed by atoms with Crippen LogP contribution in [-0.4, -0.2) is 67.1 Å². The molecule has 224 valence electrons. The number of carbonyl (C=O) groups excluding carboxylic acids is 3. The van der Waals surface area contributed by atoms with Crippen molar-refractivity contribution in [1.29, 1.82) is 0 Å². The average molecular weight is 575 g/mol. The summed E-state index contributed by atoms with van der Waals surface area (Å²) in [6, 6.07) is 0. The lowest BCUT2D eigenvalue weighted by atomic mass is 9.45. The summed E-state index contributed by atoms with van der Waals surface area (Å²) in [6.07, 6.45) is -0.864. The SMILES string of the molecule is COc1c2c(c(C)c3c1C(=O)OC3)OC1(C)CC(OC(C)=O)C34OC(OC)(CC(OC(C)=O)C3(C)C1C2)OC4(C)C. The number of fused-ring (bicyclic) bond motifs is 5. The van der Waals surface area contributed by atoms with Gasteiger partial charge in [-0.15, -0.1) is 0 Å². The van der Waals surface area contributed by atoms with E-state index in [1.54, 1.807) is 0 Å². The van der Waals surface area contributed by atoms with Crippen LogP contribution in [-0.2, 0) is 51.0 Å². The van der Waals surface area contributed by atoms with Crippen LogP contribution >= 0.6 is 0 Å². The highest BCUT2D eigenvalue weighted by molar-refractivity contribution is 5.98. The van der Waals surface area contributed by atoms with Crippen molar-refractivity contribution >= 4 is 17.9 Å². The van der Waals surface area contributed by atoms with E-state index in [2.05, 4.69) is 0 Å². The maximum absolute atomic E-state index is 12.8. The third-order valence-electron chi connectivity index (χ3n) is 10.3. The standard InChI is InChI=1S/C30H38O11/c1-14-18-13-36-25(33)22(18)24(34-8)17-10-19-27(6,39-23(14)17)11-21(38-16(3)32)30-26(4,5)40-29(35-9,41-30)12-20(28(19,30)7)37-15(2)31/h19-21H,10-13H2,1-9H3. The number of ether oxygens (including phenoxy) is 8. The van der Waals surface area contributed by atoms with Crippen molar-refractivity contribution in [3.05, 3.63) is 22.3 Å². The van der Waals surface area contributed by atoms with Crippen LogP contribution in [0.15, 0.2) is 0 Å². The highest BCUT2D eigenvalue weighted by atomic mass is 16.9. The molecule has 2 bridgehead atoms. The fourth-order valence-corrected chi connectivity index (χ4v) is 8.88. The van der Waals surface area contributed by atoms with E-state index in [1.807, 2.05) is 34.6 Å². The molecule has 4 heterocycles. The predicted octanol–water partition coefficient (Wildman–Crippen LogP) is 3.53. The number of benzene rings is 1. The summed E-state index contributed by atoms with van der Waals surface area (Å²) in [4.78, 5) is 38.0. The Morgan fingerprint density at radius 1 is 0.927 bits per heavy atom. The van der Waals surface area contributed by atoms with Crippen molar-refractivity contribution in [2.24, 2.45) is 11.3 Å². The van der Waals surface area contributed by atoms with E-state index >= 15 is 0 Å².